The summed E-state index contributed by atoms with van der Waals surface area (Å²) in [6, 6.07) is 10.0. The zero-order valence-corrected chi connectivity index (χ0v) is 19.4. The Morgan fingerprint density at radius 3 is 2.61 bits per heavy atom. The van der Waals surface area contributed by atoms with Crippen LogP contribution in [0.3, 0.4) is 0 Å². The van der Waals surface area contributed by atoms with Crippen molar-refractivity contribution in [2.75, 3.05) is 12.4 Å². The number of hydrogen-bond donors (Lipinski definition) is 1. The molecule has 6 nitrogen and oxygen atoms in total. The summed E-state index contributed by atoms with van der Waals surface area (Å²) >= 11 is 6.54. The van der Waals surface area contributed by atoms with Crippen LogP contribution in [0.1, 0.15) is 43.7 Å². The summed E-state index contributed by atoms with van der Waals surface area (Å²) in [7, 11) is 3.70. The van der Waals surface area contributed by atoms with Crippen LogP contribution in [0, 0.1) is 6.92 Å². The van der Waals surface area contributed by atoms with Crippen molar-refractivity contribution >= 4 is 34.3 Å². The molecule has 4 rings (SSSR count). The molecule has 0 aliphatic carbocycles. The highest BCUT2D eigenvalue weighted by Gasteiger charge is 2.20. The molecule has 0 bridgehead atoms. The van der Waals surface area contributed by atoms with Gasteiger partial charge in [-0.25, -0.2) is 9.67 Å². The van der Waals surface area contributed by atoms with Crippen molar-refractivity contribution in [1.82, 2.24) is 19.3 Å². The number of hydrogen-bond acceptors (Lipinski definition) is 4. The van der Waals surface area contributed by atoms with E-state index >= 15 is 0 Å². The summed E-state index contributed by atoms with van der Waals surface area (Å²) in [6.07, 6.45) is 5.81. The van der Waals surface area contributed by atoms with Gasteiger partial charge in [0.05, 0.1) is 29.0 Å². The summed E-state index contributed by atoms with van der Waals surface area (Å²) in [4.78, 5) is 4.85. The Morgan fingerprint density at radius 2 is 1.97 bits per heavy atom. The first-order valence-electron chi connectivity index (χ1n) is 10.6. The molecule has 4 aromatic rings. The minimum Gasteiger partial charge on any atom is -0.494 e. The second-order valence-corrected chi connectivity index (χ2v) is 8.16. The van der Waals surface area contributed by atoms with Gasteiger partial charge in [0.1, 0.15) is 11.3 Å². The van der Waals surface area contributed by atoms with Crippen molar-refractivity contribution in [2.24, 2.45) is 7.05 Å². The lowest BCUT2D eigenvalue weighted by Gasteiger charge is -2.17. The fraction of sp³-hybridized carbons (Fsp3) is 0.333. The zero-order valence-electron chi connectivity index (χ0n) is 18.6. The fourth-order valence-corrected chi connectivity index (χ4v) is 4.40. The normalized spacial score (nSPS) is 11.5. The summed E-state index contributed by atoms with van der Waals surface area (Å²) in [5, 5.41) is 8.47. The van der Waals surface area contributed by atoms with Gasteiger partial charge in [-0.05, 0) is 55.0 Å². The molecular weight excluding hydrogens is 410 g/mol. The number of fused-ring (bicyclic) bond motifs is 1. The van der Waals surface area contributed by atoms with Crippen LogP contribution >= 0.6 is 11.6 Å². The summed E-state index contributed by atoms with van der Waals surface area (Å²) < 4.78 is 9.61. The van der Waals surface area contributed by atoms with E-state index in [2.05, 4.69) is 41.0 Å². The van der Waals surface area contributed by atoms with E-state index in [9.17, 15) is 0 Å². The predicted molar refractivity (Wildman–Crippen MR) is 127 cm³/mol. The number of nitrogens with one attached hydrogen (secondary N) is 1. The molecule has 0 spiro atoms. The number of rotatable bonds is 7. The van der Waals surface area contributed by atoms with Crippen molar-refractivity contribution in [3.05, 3.63) is 58.9 Å². The second kappa shape index (κ2) is 8.63. The molecule has 2 heterocycles. The van der Waals surface area contributed by atoms with Crippen molar-refractivity contribution < 1.29 is 4.74 Å². The molecule has 0 aliphatic rings. The second-order valence-electron chi connectivity index (χ2n) is 7.76. The molecule has 0 fully saturated rings. The quantitative estimate of drug-likeness (QED) is 0.364. The molecule has 0 atom stereocenters. The summed E-state index contributed by atoms with van der Waals surface area (Å²) in [5.41, 5.74) is 6.02. The Balaban J connectivity index is 1.81. The maximum Gasteiger partial charge on any atom is 0.208 e. The molecule has 7 heteroatoms. The molecule has 162 valence electrons. The largest absolute Gasteiger partial charge is 0.494 e. The van der Waals surface area contributed by atoms with Gasteiger partial charge in [0.25, 0.3) is 0 Å². The average molecular weight is 438 g/mol. The summed E-state index contributed by atoms with van der Waals surface area (Å²) in [6.45, 7) is 6.49. The number of methoxy groups -OCH3 is 1. The van der Waals surface area contributed by atoms with Gasteiger partial charge in [0.2, 0.25) is 5.95 Å². The Morgan fingerprint density at radius 1 is 1.19 bits per heavy atom. The number of aromatic nitrogens is 4. The molecule has 2 aromatic carbocycles. The lowest BCUT2D eigenvalue weighted by molar-refractivity contribution is 0.416. The molecular formula is C24H28ClN5O. The lowest BCUT2D eigenvalue weighted by atomic mass is 9.93. The Kier molecular flexibility index (Phi) is 5.92. The summed E-state index contributed by atoms with van der Waals surface area (Å²) in [5.74, 6) is 1.92. The van der Waals surface area contributed by atoms with Crippen molar-refractivity contribution in [3.63, 3.8) is 0 Å². The van der Waals surface area contributed by atoms with Gasteiger partial charge in [-0.3, -0.25) is 0 Å². The number of anilines is 2. The molecule has 1 N–H and O–H groups in total. The topological polar surface area (TPSA) is 56.9 Å². The van der Waals surface area contributed by atoms with Crippen LogP contribution in [-0.4, -0.2) is 26.4 Å². The van der Waals surface area contributed by atoms with Gasteiger partial charge < -0.3 is 14.6 Å². The van der Waals surface area contributed by atoms with Crippen molar-refractivity contribution in [2.45, 2.75) is 39.5 Å². The van der Waals surface area contributed by atoms with E-state index in [1.54, 1.807) is 13.3 Å². The molecule has 0 saturated carbocycles. The number of aryl methyl sites for hydroxylation is 2. The van der Waals surface area contributed by atoms with Crippen LogP contribution in [0.25, 0.3) is 16.7 Å². The smallest absolute Gasteiger partial charge is 0.208 e. The first kappa shape index (κ1) is 21.2. The Labute approximate surface area is 187 Å². The Hall–Kier alpha value is -2.99. The van der Waals surface area contributed by atoms with Gasteiger partial charge in [-0.1, -0.05) is 31.5 Å². The average Bonchev–Trinajstić information content (AvgIpc) is 3.41. The molecule has 0 saturated heterocycles. The van der Waals surface area contributed by atoms with Crippen LogP contribution in [0.2, 0.25) is 5.02 Å². The third-order valence-corrected chi connectivity index (χ3v) is 6.24. The van der Waals surface area contributed by atoms with E-state index in [0.717, 1.165) is 52.5 Å². The standard InChI is InChI=1S/C24H28ClN5O/c1-6-16(7-2)18-9-10-19(25)22-23(18)29(4)24(28-22)27-21-15(3)13-17(14-20(21)31-5)30-12-8-11-26-30/h8-14,16H,6-7H2,1-5H3,(H,27,28). The molecule has 0 radical (unpaired) electrons. The van der Waals surface area contributed by atoms with Gasteiger partial charge in [-0.2, -0.15) is 5.10 Å². The number of benzene rings is 2. The highest BCUT2D eigenvalue weighted by atomic mass is 35.5. The van der Waals surface area contributed by atoms with E-state index < -0.39 is 0 Å². The molecule has 0 aliphatic heterocycles. The fourth-order valence-electron chi connectivity index (χ4n) is 4.21. The number of ether oxygens (including phenoxy) is 1. The minimum atomic E-state index is 0.465. The minimum absolute atomic E-state index is 0.465. The van der Waals surface area contributed by atoms with Crippen molar-refractivity contribution in [1.29, 1.82) is 0 Å². The van der Waals surface area contributed by atoms with E-state index in [1.807, 2.05) is 43.0 Å². The highest BCUT2D eigenvalue weighted by Crippen LogP contribution is 2.38. The third-order valence-electron chi connectivity index (χ3n) is 5.94. The first-order valence-corrected chi connectivity index (χ1v) is 11.0. The van der Waals surface area contributed by atoms with Crippen LogP contribution in [-0.2, 0) is 7.05 Å². The lowest BCUT2D eigenvalue weighted by Crippen LogP contribution is -2.05. The van der Waals surface area contributed by atoms with Gasteiger partial charge in [-0.15, -0.1) is 0 Å². The predicted octanol–water partition coefficient (Wildman–Crippen LogP) is 6.38. The Bertz CT molecular complexity index is 1210. The van der Waals surface area contributed by atoms with E-state index in [-0.39, 0.29) is 0 Å². The van der Waals surface area contributed by atoms with Crippen LogP contribution in [0.4, 0.5) is 11.6 Å². The molecule has 0 unspecified atom stereocenters. The van der Waals surface area contributed by atoms with Crippen LogP contribution in [0.5, 0.6) is 5.75 Å². The number of halogens is 1. The number of nitrogens with zero attached hydrogens (tertiary/aromatic N) is 4. The van der Waals surface area contributed by atoms with Gasteiger partial charge >= 0.3 is 0 Å². The highest BCUT2D eigenvalue weighted by molar-refractivity contribution is 6.35. The first-order chi connectivity index (χ1) is 15.0. The maximum atomic E-state index is 6.54. The SMILES string of the molecule is CCC(CC)c1ccc(Cl)c2nc(Nc3c(C)cc(-n4cccn4)cc3OC)n(C)c12. The zero-order chi connectivity index (χ0) is 22.1. The van der Waals surface area contributed by atoms with Crippen LogP contribution in [0.15, 0.2) is 42.7 Å². The number of imidazole rings is 1. The third kappa shape index (κ3) is 3.76. The monoisotopic (exact) mass is 437 g/mol. The van der Waals surface area contributed by atoms with Gasteiger partial charge in [0.15, 0.2) is 0 Å². The van der Waals surface area contributed by atoms with Gasteiger partial charge in [0, 0.05) is 25.5 Å². The maximum absolute atomic E-state index is 6.54. The molecule has 2 aromatic heterocycles. The molecule has 0 amide bonds. The van der Waals surface area contributed by atoms with Crippen molar-refractivity contribution in [3.8, 4) is 11.4 Å². The van der Waals surface area contributed by atoms with E-state index in [1.165, 1.54) is 5.56 Å². The van der Waals surface area contributed by atoms with Crippen LogP contribution < -0.4 is 10.1 Å². The van der Waals surface area contributed by atoms with E-state index in [0.29, 0.717) is 10.9 Å². The van der Waals surface area contributed by atoms with E-state index in [4.69, 9.17) is 21.3 Å². The molecule has 31 heavy (non-hydrogen) atoms.